The van der Waals surface area contributed by atoms with Crippen LogP contribution in [0, 0.1) is 0 Å². The fourth-order valence-electron chi connectivity index (χ4n) is 5.76. The molecule has 14 heteroatoms. The molecule has 1 unspecified atom stereocenters. The Kier molecular flexibility index (Phi) is 8.90. The number of carboxylic acids is 1. The molecule has 2 aromatic carbocycles. The number of aromatic nitrogens is 1. The molecule has 3 aliphatic rings. The van der Waals surface area contributed by atoms with E-state index in [9.17, 15) is 14.4 Å². The number of thiazole rings is 1. The summed E-state index contributed by atoms with van der Waals surface area (Å²) in [6, 6.07) is 11.4. The minimum absolute atomic E-state index is 0.0720. The fraction of sp³-hybridized carbons (Fsp3) is 0.258. The van der Waals surface area contributed by atoms with E-state index in [0.717, 1.165) is 17.3 Å². The second kappa shape index (κ2) is 13.0. The molecule has 0 bridgehead atoms. The summed E-state index contributed by atoms with van der Waals surface area (Å²) in [5.41, 5.74) is 3.04. The van der Waals surface area contributed by atoms with Gasteiger partial charge in [0.25, 0.3) is 0 Å². The zero-order valence-corrected chi connectivity index (χ0v) is 26.3. The molecule has 4 heterocycles. The van der Waals surface area contributed by atoms with Crippen LogP contribution in [0.3, 0.4) is 0 Å². The number of hydrogen-bond acceptors (Lipinski definition) is 9. The number of piperazine rings is 1. The van der Waals surface area contributed by atoms with E-state index in [-0.39, 0.29) is 12.1 Å². The minimum Gasteiger partial charge on any atom is -0.478 e. The Morgan fingerprint density at radius 2 is 1.96 bits per heavy atom. The highest BCUT2D eigenvalue weighted by Gasteiger charge is 2.42. The number of fused-ring (bicyclic) bond motifs is 1. The van der Waals surface area contributed by atoms with Gasteiger partial charge >= 0.3 is 18.0 Å². The monoisotopic (exact) mass is 666 g/mol. The highest BCUT2D eigenvalue weighted by Crippen LogP contribution is 2.38. The molecule has 2 amide bonds. The van der Waals surface area contributed by atoms with E-state index in [2.05, 4.69) is 15.2 Å². The molecule has 2 saturated heterocycles. The predicted octanol–water partition coefficient (Wildman–Crippen LogP) is 4.69. The highest BCUT2D eigenvalue weighted by molar-refractivity contribution is 7.11. The number of carbonyl (C=O) groups excluding carboxylic acids is 2. The topological polar surface area (TPSA) is 128 Å². The Morgan fingerprint density at radius 1 is 1.16 bits per heavy atom. The summed E-state index contributed by atoms with van der Waals surface area (Å²) in [5.74, 6) is -1.03. The second-order valence-electron chi connectivity index (χ2n) is 10.6. The lowest BCUT2D eigenvalue weighted by molar-refractivity contribution is -0.136. The number of ether oxygens (including phenoxy) is 1. The van der Waals surface area contributed by atoms with Gasteiger partial charge in [-0.05, 0) is 35.9 Å². The Balaban J connectivity index is 1.25. The molecule has 3 aliphatic heterocycles. The molecular formula is C31H28Cl2N6O5S. The first-order valence-electron chi connectivity index (χ1n) is 14.0. The number of carboxylic acid groups (broad SMARTS) is 1. The quantitative estimate of drug-likeness (QED) is 0.262. The van der Waals surface area contributed by atoms with Crippen LogP contribution >= 0.6 is 34.5 Å². The highest BCUT2D eigenvalue weighted by atomic mass is 35.5. The zero-order chi connectivity index (χ0) is 31.7. The SMILES string of the molecule is COC(=O)C1=C(CN2CCN3C(=O)N(c4ccc(/C=C/C(=O)O)cc4)C[C@@H]3C2)NC(c2nccs2)=NC1c1ccc(Cl)cc1Cl. The maximum Gasteiger partial charge on any atom is 0.338 e. The van der Waals surface area contributed by atoms with Gasteiger partial charge in [0.15, 0.2) is 10.8 Å². The van der Waals surface area contributed by atoms with Crippen molar-refractivity contribution in [3.8, 4) is 0 Å². The summed E-state index contributed by atoms with van der Waals surface area (Å²) < 4.78 is 5.23. The van der Waals surface area contributed by atoms with Crippen molar-refractivity contribution >= 4 is 70.1 Å². The van der Waals surface area contributed by atoms with E-state index in [0.29, 0.717) is 70.4 Å². The number of halogens is 2. The molecule has 2 N–H and O–H groups in total. The lowest BCUT2D eigenvalue weighted by Crippen LogP contribution is -2.53. The van der Waals surface area contributed by atoms with Gasteiger partial charge in [-0.1, -0.05) is 41.4 Å². The second-order valence-corrected chi connectivity index (χ2v) is 12.4. The summed E-state index contributed by atoms with van der Waals surface area (Å²) in [7, 11) is 1.33. The number of anilines is 1. The normalized spacial score (nSPS) is 20.3. The number of amidine groups is 1. The van der Waals surface area contributed by atoms with Crippen molar-refractivity contribution in [1.82, 2.24) is 20.1 Å². The number of amides is 2. The van der Waals surface area contributed by atoms with E-state index < -0.39 is 18.0 Å². The third-order valence-corrected chi connectivity index (χ3v) is 9.21. The number of nitrogens with zero attached hydrogens (tertiary/aromatic N) is 5. The Labute approximate surface area is 273 Å². The van der Waals surface area contributed by atoms with E-state index in [4.69, 9.17) is 38.0 Å². The van der Waals surface area contributed by atoms with Crippen LogP contribution in [0.4, 0.5) is 10.5 Å². The predicted molar refractivity (Wildman–Crippen MR) is 173 cm³/mol. The standard InChI is InChI=1S/C31H28Cl2N6O5S/c1-44-30(42)26-24(35-28(29-34-10-13-45-29)36-27(26)22-8-5-19(32)14-23(22)33)17-37-11-12-38-21(15-37)16-39(31(38)43)20-6-2-18(3-7-20)4-9-25(40)41/h2-10,13-14,21,27H,11-12,15-17H2,1H3,(H,35,36)(H,40,41)/b9-4+/t21-,27?/m0/s1. The number of rotatable bonds is 8. The number of aliphatic imine (C=N–C) groups is 1. The molecule has 2 atom stereocenters. The van der Waals surface area contributed by atoms with Gasteiger partial charge in [-0.15, -0.1) is 11.3 Å². The van der Waals surface area contributed by atoms with E-state index >= 15 is 0 Å². The molecule has 232 valence electrons. The molecule has 3 aromatic rings. The molecule has 0 radical (unpaired) electrons. The largest absolute Gasteiger partial charge is 0.478 e. The average Bonchev–Trinajstić information content (AvgIpc) is 3.68. The number of methoxy groups -OCH3 is 1. The van der Waals surface area contributed by atoms with Crippen LogP contribution in [-0.4, -0.2) is 89.6 Å². The van der Waals surface area contributed by atoms with Gasteiger partial charge in [0.2, 0.25) is 0 Å². The first-order chi connectivity index (χ1) is 21.7. The Hall–Kier alpha value is -4.23. The first kappa shape index (κ1) is 30.8. The number of nitrogens with one attached hydrogen (secondary N) is 1. The van der Waals surface area contributed by atoms with Gasteiger partial charge in [-0.25, -0.2) is 19.4 Å². The lowest BCUT2D eigenvalue weighted by atomic mass is 9.95. The first-order valence-corrected chi connectivity index (χ1v) is 15.7. The van der Waals surface area contributed by atoms with Crippen molar-refractivity contribution < 1.29 is 24.2 Å². The summed E-state index contributed by atoms with van der Waals surface area (Å²) in [6.07, 6.45) is 4.27. The van der Waals surface area contributed by atoms with Crippen LogP contribution in [0.25, 0.3) is 6.08 Å². The van der Waals surface area contributed by atoms with Crippen LogP contribution in [0.5, 0.6) is 0 Å². The molecule has 0 spiro atoms. The van der Waals surface area contributed by atoms with Crippen LogP contribution < -0.4 is 10.2 Å². The van der Waals surface area contributed by atoms with Gasteiger partial charge in [0.05, 0.1) is 18.7 Å². The number of benzene rings is 2. The van der Waals surface area contributed by atoms with Crippen LogP contribution in [0.1, 0.15) is 22.2 Å². The van der Waals surface area contributed by atoms with E-state index in [1.54, 1.807) is 41.4 Å². The number of carbonyl (C=O) groups is 3. The summed E-state index contributed by atoms with van der Waals surface area (Å²) in [4.78, 5) is 52.6. The van der Waals surface area contributed by atoms with Gasteiger partial charge in [-0.3, -0.25) is 14.8 Å². The lowest BCUT2D eigenvalue weighted by Gasteiger charge is -2.38. The van der Waals surface area contributed by atoms with Gasteiger partial charge in [0.1, 0.15) is 6.04 Å². The third kappa shape index (κ3) is 6.45. The Bertz CT molecular complexity index is 1730. The molecule has 11 nitrogen and oxygen atoms in total. The van der Waals surface area contributed by atoms with Gasteiger partial charge in [-0.2, -0.15) is 0 Å². The van der Waals surface area contributed by atoms with E-state index in [1.165, 1.54) is 24.5 Å². The summed E-state index contributed by atoms with van der Waals surface area (Å²) >= 11 is 14.2. The molecule has 1 aromatic heterocycles. The number of hydrogen-bond donors (Lipinski definition) is 2. The zero-order valence-electron chi connectivity index (χ0n) is 24.0. The van der Waals surface area contributed by atoms with Crippen molar-refractivity contribution in [2.45, 2.75) is 12.1 Å². The van der Waals surface area contributed by atoms with Crippen molar-refractivity contribution in [1.29, 1.82) is 0 Å². The molecule has 0 saturated carbocycles. The number of esters is 1. The minimum atomic E-state index is -1.02. The molecule has 0 aliphatic carbocycles. The number of aliphatic carboxylic acids is 1. The molecule has 2 fully saturated rings. The number of urea groups is 1. The van der Waals surface area contributed by atoms with E-state index in [1.807, 2.05) is 22.4 Å². The maximum absolute atomic E-state index is 13.4. The van der Waals surface area contributed by atoms with Crippen molar-refractivity contribution in [2.24, 2.45) is 4.99 Å². The van der Waals surface area contributed by atoms with Crippen molar-refractivity contribution in [2.75, 3.05) is 44.7 Å². The smallest absolute Gasteiger partial charge is 0.338 e. The van der Waals surface area contributed by atoms with Crippen molar-refractivity contribution in [3.63, 3.8) is 0 Å². The van der Waals surface area contributed by atoms with Crippen LogP contribution in [-0.2, 0) is 14.3 Å². The molecule has 6 rings (SSSR count). The summed E-state index contributed by atoms with van der Waals surface area (Å²) in [5, 5.41) is 15.6. The third-order valence-electron chi connectivity index (χ3n) is 7.86. The average molecular weight is 668 g/mol. The van der Waals surface area contributed by atoms with Crippen molar-refractivity contribution in [3.05, 3.63) is 97.6 Å². The molecular weight excluding hydrogens is 639 g/mol. The van der Waals surface area contributed by atoms with Gasteiger partial charge < -0.3 is 20.1 Å². The van der Waals surface area contributed by atoms with Gasteiger partial charge in [0, 0.05) is 77.4 Å². The van der Waals surface area contributed by atoms with Crippen LogP contribution in [0.2, 0.25) is 10.0 Å². The Morgan fingerprint density at radius 3 is 2.64 bits per heavy atom. The summed E-state index contributed by atoms with van der Waals surface area (Å²) in [6.45, 7) is 2.55. The van der Waals surface area contributed by atoms with Crippen LogP contribution in [0.15, 0.2) is 76.4 Å². The molecule has 45 heavy (non-hydrogen) atoms. The maximum atomic E-state index is 13.4. The fourth-order valence-corrected chi connectivity index (χ4v) is 6.86.